The Hall–Kier alpha value is -2.67. The molecular weight excluding hydrogens is 396 g/mol. The minimum Gasteiger partial charge on any atom is -0.465 e. The molecule has 0 aliphatic carbocycles. The molecule has 0 atom stereocenters. The summed E-state index contributed by atoms with van der Waals surface area (Å²) in [5, 5.41) is 4.44. The van der Waals surface area contributed by atoms with Crippen LogP contribution >= 0.6 is 11.8 Å². The van der Waals surface area contributed by atoms with Crippen LogP contribution in [0.1, 0.15) is 50.9 Å². The second-order valence-electron chi connectivity index (χ2n) is 8.57. The van der Waals surface area contributed by atoms with Gasteiger partial charge in [-0.25, -0.2) is 14.8 Å². The average Bonchev–Trinajstić information content (AvgIpc) is 2.72. The number of fused-ring (bicyclic) bond motifs is 1. The van der Waals surface area contributed by atoms with E-state index < -0.39 is 0 Å². The normalized spacial score (nSPS) is 12.0. The van der Waals surface area contributed by atoms with Crippen molar-refractivity contribution in [1.82, 2.24) is 15.0 Å². The maximum atomic E-state index is 11.7. The summed E-state index contributed by atoms with van der Waals surface area (Å²) in [6.07, 6.45) is 8.71. The monoisotopic (exact) mass is 424 g/mol. The number of rotatable bonds is 8. The standard InChI is InChI=1S/C23H28N4O2S/c1-22(2,27-18-13-24-15-25-14-18)8-9-23(3,4)30-19-7-6-16-10-17(21(28)29-5)12-26-20(16)11-19/h6-7,10-15,27H,8-9H2,1-5H3. The minimum absolute atomic E-state index is 0.0474. The van der Waals surface area contributed by atoms with Crippen molar-refractivity contribution in [3.8, 4) is 0 Å². The number of hydrogen-bond acceptors (Lipinski definition) is 7. The van der Waals surface area contributed by atoms with E-state index in [0.29, 0.717) is 5.56 Å². The van der Waals surface area contributed by atoms with Crippen molar-refractivity contribution < 1.29 is 9.53 Å². The number of ether oxygens (including phenoxy) is 1. The predicted octanol–water partition coefficient (Wildman–Crippen LogP) is 5.35. The highest BCUT2D eigenvalue weighted by Crippen LogP contribution is 2.38. The van der Waals surface area contributed by atoms with Crippen LogP contribution in [0.2, 0.25) is 0 Å². The molecule has 0 spiro atoms. The number of methoxy groups -OCH3 is 1. The number of carbonyl (C=O) groups is 1. The van der Waals surface area contributed by atoms with Gasteiger partial charge in [0.05, 0.1) is 36.3 Å². The molecule has 0 bridgehead atoms. The molecule has 0 amide bonds. The van der Waals surface area contributed by atoms with Crippen molar-refractivity contribution in [2.75, 3.05) is 12.4 Å². The van der Waals surface area contributed by atoms with Crippen molar-refractivity contribution in [2.45, 2.75) is 55.7 Å². The molecule has 0 radical (unpaired) electrons. The van der Waals surface area contributed by atoms with Crippen molar-refractivity contribution in [3.05, 3.63) is 54.7 Å². The maximum Gasteiger partial charge on any atom is 0.339 e. The van der Waals surface area contributed by atoms with Gasteiger partial charge in [0.15, 0.2) is 0 Å². The predicted molar refractivity (Wildman–Crippen MR) is 122 cm³/mol. The van der Waals surface area contributed by atoms with Crippen molar-refractivity contribution in [2.24, 2.45) is 0 Å². The molecule has 0 saturated carbocycles. The fourth-order valence-electron chi connectivity index (χ4n) is 3.19. The van der Waals surface area contributed by atoms with Gasteiger partial charge in [-0.3, -0.25) is 4.98 Å². The smallest absolute Gasteiger partial charge is 0.339 e. The molecule has 0 aliphatic rings. The topological polar surface area (TPSA) is 77.0 Å². The Morgan fingerprint density at radius 2 is 1.80 bits per heavy atom. The number of thioether (sulfide) groups is 1. The molecule has 0 saturated heterocycles. The third-order valence-electron chi connectivity index (χ3n) is 4.87. The summed E-state index contributed by atoms with van der Waals surface area (Å²) in [6.45, 7) is 8.91. The van der Waals surface area contributed by atoms with Gasteiger partial charge in [-0.1, -0.05) is 19.9 Å². The molecule has 2 aromatic heterocycles. The fourth-order valence-corrected chi connectivity index (χ4v) is 4.34. The molecule has 3 aromatic rings. The van der Waals surface area contributed by atoms with Gasteiger partial charge in [0.1, 0.15) is 6.33 Å². The molecule has 2 heterocycles. The van der Waals surface area contributed by atoms with Gasteiger partial charge in [0.25, 0.3) is 0 Å². The summed E-state index contributed by atoms with van der Waals surface area (Å²) >= 11 is 1.84. The lowest BCUT2D eigenvalue weighted by Gasteiger charge is -2.32. The van der Waals surface area contributed by atoms with Gasteiger partial charge in [-0.05, 0) is 44.9 Å². The lowest BCUT2D eigenvalue weighted by atomic mass is 9.93. The van der Waals surface area contributed by atoms with E-state index in [2.05, 4.69) is 60.1 Å². The van der Waals surface area contributed by atoms with Crippen LogP contribution in [0.15, 0.2) is 54.1 Å². The van der Waals surface area contributed by atoms with E-state index in [4.69, 9.17) is 4.74 Å². The van der Waals surface area contributed by atoms with Crippen LogP contribution in [0.5, 0.6) is 0 Å². The SMILES string of the molecule is COC(=O)c1cnc2cc(SC(C)(C)CCC(C)(C)Nc3cncnc3)ccc2c1. The Bertz CT molecular complexity index is 1020. The van der Waals surface area contributed by atoms with Gasteiger partial charge in [-0.15, -0.1) is 11.8 Å². The van der Waals surface area contributed by atoms with Crippen LogP contribution in [0, 0.1) is 0 Å². The number of hydrogen-bond donors (Lipinski definition) is 1. The molecule has 7 heteroatoms. The van der Waals surface area contributed by atoms with Crippen LogP contribution in [-0.4, -0.2) is 38.3 Å². The zero-order valence-electron chi connectivity index (χ0n) is 18.1. The van der Waals surface area contributed by atoms with Gasteiger partial charge in [0.2, 0.25) is 0 Å². The molecule has 0 fully saturated rings. The molecule has 1 aromatic carbocycles. The van der Waals surface area contributed by atoms with E-state index in [9.17, 15) is 4.79 Å². The Kier molecular flexibility index (Phi) is 6.61. The van der Waals surface area contributed by atoms with Crippen LogP contribution in [-0.2, 0) is 4.74 Å². The third-order valence-corrected chi connectivity index (χ3v) is 6.11. The molecule has 1 N–H and O–H groups in total. The first kappa shape index (κ1) is 22.0. The molecule has 6 nitrogen and oxygen atoms in total. The van der Waals surface area contributed by atoms with E-state index >= 15 is 0 Å². The highest BCUT2D eigenvalue weighted by molar-refractivity contribution is 8.00. The number of benzene rings is 1. The van der Waals surface area contributed by atoms with Gasteiger partial charge in [-0.2, -0.15) is 0 Å². The number of carbonyl (C=O) groups excluding carboxylic acids is 1. The number of anilines is 1. The number of nitrogens with one attached hydrogen (secondary N) is 1. The molecule has 3 rings (SSSR count). The van der Waals surface area contributed by atoms with Crippen molar-refractivity contribution >= 4 is 34.3 Å². The number of esters is 1. The molecular formula is C23H28N4O2S. The van der Waals surface area contributed by atoms with Gasteiger partial charge >= 0.3 is 5.97 Å². The van der Waals surface area contributed by atoms with Crippen molar-refractivity contribution in [1.29, 1.82) is 0 Å². The summed E-state index contributed by atoms with van der Waals surface area (Å²) in [7, 11) is 1.37. The van der Waals surface area contributed by atoms with Gasteiger partial charge in [0, 0.05) is 26.8 Å². The number of aromatic nitrogens is 3. The lowest BCUT2D eigenvalue weighted by Crippen LogP contribution is -2.33. The van der Waals surface area contributed by atoms with Crippen molar-refractivity contribution in [3.63, 3.8) is 0 Å². The number of pyridine rings is 1. The Morgan fingerprint density at radius 3 is 2.50 bits per heavy atom. The summed E-state index contributed by atoms with van der Waals surface area (Å²) in [5.74, 6) is -0.373. The molecule has 30 heavy (non-hydrogen) atoms. The van der Waals surface area contributed by atoms with Crippen LogP contribution < -0.4 is 5.32 Å². The Balaban J connectivity index is 1.65. The highest BCUT2D eigenvalue weighted by atomic mass is 32.2. The van der Waals surface area contributed by atoms with Crippen LogP contribution in [0.25, 0.3) is 10.9 Å². The quantitative estimate of drug-likeness (QED) is 0.386. The first-order valence-electron chi connectivity index (χ1n) is 9.88. The van der Waals surface area contributed by atoms with E-state index in [-0.39, 0.29) is 16.3 Å². The van der Waals surface area contributed by atoms with Crippen LogP contribution in [0.4, 0.5) is 5.69 Å². The fraction of sp³-hybridized carbons (Fsp3) is 0.391. The van der Waals surface area contributed by atoms with Gasteiger partial charge < -0.3 is 10.1 Å². The van der Waals surface area contributed by atoms with E-state index in [0.717, 1.165) is 34.3 Å². The van der Waals surface area contributed by atoms with E-state index in [1.807, 2.05) is 23.9 Å². The third kappa shape index (κ3) is 5.92. The summed E-state index contributed by atoms with van der Waals surface area (Å²) in [4.78, 5) is 25.4. The van der Waals surface area contributed by atoms with Crippen LogP contribution in [0.3, 0.4) is 0 Å². The first-order valence-corrected chi connectivity index (χ1v) is 10.7. The maximum absolute atomic E-state index is 11.7. The van der Waals surface area contributed by atoms with E-state index in [1.165, 1.54) is 13.4 Å². The largest absolute Gasteiger partial charge is 0.465 e. The lowest BCUT2D eigenvalue weighted by molar-refractivity contribution is 0.0600. The Morgan fingerprint density at radius 1 is 1.07 bits per heavy atom. The van der Waals surface area contributed by atoms with E-state index in [1.54, 1.807) is 18.6 Å². The zero-order valence-corrected chi connectivity index (χ0v) is 18.9. The second kappa shape index (κ2) is 9.00. The Labute approximate surface area is 181 Å². The highest BCUT2D eigenvalue weighted by Gasteiger charge is 2.25. The summed E-state index contributed by atoms with van der Waals surface area (Å²) in [6, 6.07) is 7.99. The first-order chi connectivity index (χ1) is 14.2. The molecule has 0 aliphatic heterocycles. The minimum atomic E-state index is -0.373. The average molecular weight is 425 g/mol. The zero-order chi connectivity index (χ0) is 21.8. The summed E-state index contributed by atoms with van der Waals surface area (Å²) < 4.78 is 4.82. The summed E-state index contributed by atoms with van der Waals surface area (Å²) in [5.41, 5.74) is 2.19. The number of nitrogens with zero attached hydrogens (tertiary/aromatic N) is 3. The molecule has 158 valence electrons. The molecule has 0 unspecified atom stereocenters. The second-order valence-corrected chi connectivity index (χ2v) is 10.3.